The third kappa shape index (κ3) is 2.20. The number of carbonyl (C=O) groups is 1. The van der Waals surface area contributed by atoms with Crippen LogP contribution in [-0.2, 0) is 4.79 Å². The van der Waals surface area contributed by atoms with Crippen molar-refractivity contribution in [2.45, 2.75) is 44.7 Å². The molecule has 1 N–H and O–H groups in total. The van der Waals surface area contributed by atoms with Gasteiger partial charge in [0.15, 0.2) is 5.82 Å². The molecule has 4 unspecified atom stereocenters. The van der Waals surface area contributed by atoms with E-state index in [1.54, 1.807) is 18.6 Å². The Labute approximate surface area is 119 Å². The molecular weight excluding hydrogens is 252 g/mol. The fourth-order valence-corrected chi connectivity index (χ4v) is 3.91. The van der Waals surface area contributed by atoms with Crippen molar-refractivity contribution in [1.29, 1.82) is 0 Å². The highest BCUT2D eigenvalue weighted by atomic mass is 16.2. The van der Waals surface area contributed by atoms with E-state index >= 15 is 0 Å². The van der Waals surface area contributed by atoms with Gasteiger partial charge < -0.3 is 5.32 Å². The van der Waals surface area contributed by atoms with Crippen LogP contribution < -0.4 is 10.2 Å². The molecule has 3 rings (SSSR count). The SMILES string of the molecule is CNC1C(=O)N(c2cnccn2)C2CCCC2CC1C. The summed E-state index contributed by atoms with van der Waals surface area (Å²) >= 11 is 0. The average Bonchev–Trinajstić information content (AvgIpc) is 2.85. The van der Waals surface area contributed by atoms with Crippen LogP contribution in [0, 0.1) is 11.8 Å². The predicted octanol–water partition coefficient (Wildman–Crippen LogP) is 1.61. The quantitative estimate of drug-likeness (QED) is 0.890. The first-order chi connectivity index (χ1) is 9.72. The Balaban J connectivity index is 2.00. The first-order valence-electron chi connectivity index (χ1n) is 7.48. The summed E-state index contributed by atoms with van der Waals surface area (Å²) in [5, 5.41) is 3.19. The lowest BCUT2D eigenvalue weighted by molar-refractivity contribution is -0.121. The molecule has 2 fully saturated rings. The Bertz CT molecular complexity index is 478. The first kappa shape index (κ1) is 13.5. The molecule has 0 bridgehead atoms. The molecule has 1 aliphatic heterocycles. The van der Waals surface area contributed by atoms with Gasteiger partial charge in [-0.3, -0.25) is 14.7 Å². The zero-order valence-electron chi connectivity index (χ0n) is 12.1. The topological polar surface area (TPSA) is 58.1 Å². The van der Waals surface area contributed by atoms with Gasteiger partial charge in [-0.15, -0.1) is 0 Å². The standard InChI is InChI=1S/C15H22N4O/c1-10-8-11-4-3-5-12(11)19(15(20)14(10)16-2)13-9-17-6-7-18-13/h6-7,9-12,14,16H,3-5,8H2,1-2H3. The first-order valence-corrected chi connectivity index (χ1v) is 7.48. The zero-order chi connectivity index (χ0) is 14.1. The summed E-state index contributed by atoms with van der Waals surface area (Å²) in [6, 6.07) is 0.169. The fourth-order valence-electron chi connectivity index (χ4n) is 3.91. The summed E-state index contributed by atoms with van der Waals surface area (Å²) in [4.78, 5) is 23.3. The highest BCUT2D eigenvalue weighted by Gasteiger charge is 2.44. The largest absolute Gasteiger partial charge is 0.309 e. The normalized spacial score (nSPS) is 33.9. The summed E-state index contributed by atoms with van der Waals surface area (Å²) in [5.41, 5.74) is 0. The van der Waals surface area contributed by atoms with Gasteiger partial charge >= 0.3 is 0 Å². The molecule has 108 valence electrons. The number of hydrogen-bond donors (Lipinski definition) is 1. The van der Waals surface area contributed by atoms with Crippen LogP contribution >= 0.6 is 0 Å². The maximum absolute atomic E-state index is 12.9. The van der Waals surface area contributed by atoms with Gasteiger partial charge in [-0.25, -0.2) is 4.98 Å². The smallest absolute Gasteiger partial charge is 0.245 e. The average molecular weight is 274 g/mol. The number of nitrogens with zero attached hydrogens (tertiary/aromatic N) is 3. The molecule has 1 amide bonds. The maximum Gasteiger partial charge on any atom is 0.245 e. The van der Waals surface area contributed by atoms with Gasteiger partial charge in [-0.2, -0.15) is 0 Å². The van der Waals surface area contributed by atoms with Gasteiger partial charge in [0, 0.05) is 18.4 Å². The molecule has 20 heavy (non-hydrogen) atoms. The minimum Gasteiger partial charge on any atom is -0.309 e. The predicted molar refractivity (Wildman–Crippen MR) is 77.3 cm³/mol. The molecule has 0 spiro atoms. The molecule has 5 nitrogen and oxygen atoms in total. The van der Waals surface area contributed by atoms with Gasteiger partial charge in [-0.1, -0.05) is 13.3 Å². The molecule has 2 aliphatic rings. The fraction of sp³-hybridized carbons (Fsp3) is 0.667. The van der Waals surface area contributed by atoms with Crippen LogP contribution in [0.25, 0.3) is 0 Å². The number of likely N-dealkylation sites (N-methyl/N-ethyl adjacent to an activating group) is 1. The van der Waals surface area contributed by atoms with E-state index in [1.807, 2.05) is 11.9 Å². The van der Waals surface area contributed by atoms with Gasteiger partial charge in [0.25, 0.3) is 0 Å². The van der Waals surface area contributed by atoms with E-state index in [9.17, 15) is 4.79 Å². The molecule has 1 aromatic heterocycles. The Kier molecular flexibility index (Phi) is 3.70. The number of rotatable bonds is 2. The van der Waals surface area contributed by atoms with E-state index < -0.39 is 0 Å². The third-order valence-corrected chi connectivity index (χ3v) is 4.81. The number of anilines is 1. The molecule has 1 saturated heterocycles. The number of nitrogens with one attached hydrogen (secondary N) is 1. The number of carbonyl (C=O) groups excluding carboxylic acids is 1. The monoisotopic (exact) mass is 274 g/mol. The maximum atomic E-state index is 12.9. The molecule has 2 heterocycles. The molecule has 0 radical (unpaired) electrons. The molecule has 5 heteroatoms. The van der Waals surface area contributed by atoms with Crippen LogP contribution in [0.3, 0.4) is 0 Å². The summed E-state index contributed by atoms with van der Waals surface area (Å²) in [7, 11) is 1.87. The van der Waals surface area contributed by atoms with Crippen LogP contribution in [-0.4, -0.2) is 35.0 Å². The second kappa shape index (κ2) is 5.48. The summed E-state index contributed by atoms with van der Waals surface area (Å²) in [6.07, 6.45) is 9.63. The van der Waals surface area contributed by atoms with Gasteiger partial charge in [0.05, 0.1) is 12.2 Å². The van der Waals surface area contributed by atoms with E-state index in [2.05, 4.69) is 22.2 Å². The van der Waals surface area contributed by atoms with Crippen LogP contribution in [0.15, 0.2) is 18.6 Å². The Morgan fingerprint density at radius 3 is 2.90 bits per heavy atom. The van der Waals surface area contributed by atoms with E-state index in [1.165, 1.54) is 12.8 Å². The lowest BCUT2D eigenvalue weighted by Crippen LogP contribution is -2.50. The minimum absolute atomic E-state index is 0.123. The van der Waals surface area contributed by atoms with E-state index in [-0.39, 0.29) is 11.9 Å². The van der Waals surface area contributed by atoms with Crippen molar-refractivity contribution in [3.63, 3.8) is 0 Å². The highest BCUT2D eigenvalue weighted by molar-refractivity contribution is 5.97. The second-order valence-corrected chi connectivity index (χ2v) is 6.01. The van der Waals surface area contributed by atoms with Crippen LogP contribution in [0.4, 0.5) is 5.82 Å². The van der Waals surface area contributed by atoms with Crippen molar-refractivity contribution >= 4 is 11.7 Å². The van der Waals surface area contributed by atoms with Crippen LogP contribution in [0.5, 0.6) is 0 Å². The van der Waals surface area contributed by atoms with Crippen molar-refractivity contribution < 1.29 is 4.79 Å². The molecule has 0 aromatic carbocycles. The molecule has 1 saturated carbocycles. The van der Waals surface area contributed by atoms with Gasteiger partial charge in [-0.05, 0) is 38.1 Å². The van der Waals surface area contributed by atoms with E-state index in [0.29, 0.717) is 23.7 Å². The number of aromatic nitrogens is 2. The molecular formula is C15H22N4O. The zero-order valence-corrected chi connectivity index (χ0v) is 12.1. The van der Waals surface area contributed by atoms with E-state index in [4.69, 9.17) is 0 Å². The third-order valence-electron chi connectivity index (χ3n) is 4.81. The van der Waals surface area contributed by atoms with Crippen molar-refractivity contribution in [1.82, 2.24) is 15.3 Å². The van der Waals surface area contributed by atoms with E-state index in [0.717, 1.165) is 12.8 Å². The van der Waals surface area contributed by atoms with Crippen LogP contribution in [0.2, 0.25) is 0 Å². The lowest BCUT2D eigenvalue weighted by atomic mass is 9.90. The number of amides is 1. The Hall–Kier alpha value is -1.49. The Morgan fingerprint density at radius 2 is 2.20 bits per heavy atom. The number of fused-ring (bicyclic) bond motifs is 1. The highest BCUT2D eigenvalue weighted by Crippen LogP contribution is 2.39. The van der Waals surface area contributed by atoms with Gasteiger partial charge in [0.2, 0.25) is 5.91 Å². The lowest BCUT2D eigenvalue weighted by Gasteiger charge is -2.31. The van der Waals surface area contributed by atoms with Crippen molar-refractivity contribution in [2.75, 3.05) is 11.9 Å². The van der Waals surface area contributed by atoms with Gasteiger partial charge in [0.1, 0.15) is 0 Å². The molecule has 4 atom stereocenters. The summed E-state index contributed by atoms with van der Waals surface area (Å²) < 4.78 is 0. The summed E-state index contributed by atoms with van der Waals surface area (Å²) in [5.74, 6) is 1.80. The Morgan fingerprint density at radius 1 is 1.35 bits per heavy atom. The summed E-state index contributed by atoms with van der Waals surface area (Å²) in [6.45, 7) is 2.18. The van der Waals surface area contributed by atoms with Crippen molar-refractivity contribution in [2.24, 2.45) is 11.8 Å². The van der Waals surface area contributed by atoms with Crippen LogP contribution in [0.1, 0.15) is 32.6 Å². The molecule has 1 aliphatic carbocycles. The van der Waals surface area contributed by atoms with Crippen molar-refractivity contribution in [3.05, 3.63) is 18.6 Å². The molecule has 1 aromatic rings. The van der Waals surface area contributed by atoms with Crippen molar-refractivity contribution in [3.8, 4) is 0 Å². The second-order valence-electron chi connectivity index (χ2n) is 6.01. The minimum atomic E-state index is -0.123. The number of hydrogen-bond acceptors (Lipinski definition) is 4.